The Bertz CT molecular complexity index is 603. The third-order valence-corrected chi connectivity index (χ3v) is 3.64. The highest BCUT2D eigenvalue weighted by atomic mass is 16.2. The first-order chi connectivity index (χ1) is 11.1. The molecule has 0 aromatic heterocycles. The predicted molar refractivity (Wildman–Crippen MR) is 93.4 cm³/mol. The van der Waals surface area contributed by atoms with Crippen molar-refractivity contribution in [1.82, 2.24) is 15.5 Å². The van der Waals surface area contributed by atoms with Gasteiger partial charge in [0, 0.05) is 31.6 Å². The van der Waals surface area contributed by atoms with Gasteiger partial charge in [-0.1, -0.05) is 32.9 Å². The van der Waals surface area contributed by atoms with Crippen molar-refractivity contribution >= 4 is 17.7 Å². The molecule has 0 aliphatic carbocycles. The fourth-order valence-electron chi connectivity index (χ4n) is 2.06. The number of nitrogens with one attached hydrogen (secondary N) is 2. The molecule has 24 heavy (non-hydrogen) atoms. The summed E-state index contributed by atoms with van der Waals surface area (Å²) in [7, 11) is 3.27. The van der Waals surface area contributed by atoms with Crippen LogP contribution in [0.1, 0.15) is 43.6 Å². The maximum absolute atomic E-state index is 12.4. The van der Waals surface area contributed by atoms with Crippen LogP contribution in [0.2, 0.25) is 0 Å². The monoisotopic (exact) mass is 333 g/mol. The topological polar surface area (TPSA) is 78.5 Å². The van der Waals surface area contributed by atoms with E-state index < -0.39 is 11.5 Å². The van der Waals surface area contributed by atoms with Gasteiger partial charge in [-0.3, -0.25) is 14.4 Å². The molecule has 0 saturated heterocycles. The van der Waals surface area contributed by atoms with Crippen molar-refractivity contribution in [3.63, 3.8) is 0 Å². The molecule has 0 aliphatic rings. The Hall–Kier alpha value is -2.37. The van der Waals surface area contributed by atoms with Crippen LogP contribution in [0.4, 0.5) is 0 Å². The lowest BCUT2D eigenvalue weighted by molar-refractivity contribution is -0.137. The average molecular weight is 333 g/mol. The first-order valence-electron chi connectivity index (χ1n) is 7.93. The quantitative estimate of drug-likeness (QED) is 0.858. The van der Waals surface area contributed by atoms with Crippen molar-refractivity contribution in [2.45, 2.75) is 40.3 Å². The summed E-state index contributed by atoms with van der Waals surface area (Å²) in [5.41, 5.74) is 0.942. The lowest BCUT2D eigenvalue weighted by Gasteiger charge is -2.25. The molecule has 1 aromatic rings. The Morgan fingerprint density at radius 2 is 1.67 bits per heavy atom. The van der Waals surface area contributed by atoms with Gasteiger partial charge in [-0.2, -0.15) is 0 Å². The molecule has 2 N–H and O–H groups in total. The molecule has 6 heteroatoms. The van der Waals surface area contributed by atoms with Gasteiger partial charge in [0.1, 0.15) is 6.04 Å². The van der Waals surface area contributed by atoms with E-state index in [-0.39, 0.29) is 17.7 Å². The number of likely N-dealkylation sites (N-methyl/N-ethyl adjacent to an activating group) is 1. The van der Waals surface area contributed by atoms with Crippen LogP contribution in [0.5, 0.6) is 0 Å². The van der Waals surface area contributed by atoms with Crippen LogP contribution in [0.15, 0.2) is 24.3 Å². The Morgan fingerprint density at radius 3 is 2.12 bits per heavy atom. The number of nitrogens with zero attached hydrogens (tertiary/aromatic N) is 1. The second-order valence-corrected chi connectivity index (χ2v) is 6.92. The number of hydrogen-bond donors (Lipinski definition) is 2. The zero-order valence-electron chi connectivity index (χ0n) is 15.3. The van der Waals surface area contributed by atoms with E-state index in [1.54, 1.807) is 58.8 Å². The van der Waals surface area contributed by atoms with Crippen molar-refractivity contribution < 1.29 is 14.4 Å². The fourth-order valence-corrected chi connectivity index (χ4v) is 2.06. The Labute approximate surface area is 143 Å². The highest BCUT2D eigenvalue weighted by Crippen LogP contribution is 2.13. The third kappa shape index (κ3) is 5.37. The standard InChI is InChI=1S/C18H27N3O3/c1-12(20-17(24)18(2,3)4)16(23)21(6)11-13-7-9-14(10-8-13)15(22)19-5/h7-10,12H,11H2,1-6H3,(H,19,22)(H,20,24). The van der Waals surface area contributed by atoms with Gasteiger partial charge in [0.2, 0.25) is 11.8 Å². The smallest absolute Gasteiger partial charge is 0.251 e. The molecule has 0 radical (unpaired) electrons. The van der Waals surface area contributed by atoms with Gasteiger partial charge in [-0.15, -0.1) is 0 Å². The van der Waals surface area contributed by atoms with Crippen molar-refractivity contribution in [2.24, 2.45) is 5.41 Å². The maximum atomic E-state index is 12.4. The van der Waals surface area contributed by atoms with Crippen LogP contribution < -0.4 is 10.6 Å². The van der Waals surface area contributed by atoms with Crippen LogP contribution in [-0.4, -0.2) is 42.8 Å². The van der Waals surface area contributed by atoms with Gasteiger partial charge < -0.3 is 15.5 Å². The normalized spacial score (nSPS) is 12.2. The average Bonchev–Trinajstić information content (AvgIpc) is 2.52. The molecule has 0 bridgehead atoms. The Kier molecular flexibility index (Phi) is 6.51. The van der Waals surface area contributed by atoms with Crippen molar-refractivity contribution in [3.05, 3.63) is 35.4 Å². The maximum Gasteiger partial charge on any atom is 0.251 e. The second kappa shape index (κ2) is 7.95. The van der Waals surface area contributed by atoms with Crippen molar-refractivity contribution in [1.29, 1.82) is 0 Å². The van der Waals surface area contributed by atoms with E-state index in [2.05, 4.69) is 10.6 Å². The summed E-state index contributed by atoms with van der Waals surface area (Å²) >= 11 is 0. The first-order valence-corrected chi connectivity index (χ1v) is 7.93. The second-order valence-electron chi connectivity index (χ2n) is 6.92. The molecule has 0 aliphatic heterocycles. The highest BCUT2D eigenvalue weighted by Gasteiger charge is 2.26. The molecule has 1 rings (SSSR count). The number of carbonyl (C=O) groups is 3. The summed E-state index contributed by atoms with van der Waals surface area (Å²) in [4.78, 5) is 37.4. The molecule has 132 valence electrons. The number of benzene rings is 1. The summed E-state index contributed by atoms with van der Waals surface area (Å²) in [5, 5.41) is 5.30. The zero-order valence-corrected chi connectivity index (χ0v) is 15.3. The van der Waals surface area contributed by atoms with Gasteiger partial charge >= 0.3 is 0 Å². The fraction of sp³-hybridized carbons (Fsp3) is 0.500. The first kappa shape index (κ1) is 19.7. The van der Waals surface area contributed by atoms with Crippen LogP contribution in [0.3, 0.4) is 0 Å². The molecule has 1 unspecified atom stereocenters. The molecule has 3 amide bonds. The Balaban J connectivity index is 2.66. The molecular weight excluding hydrogens is 306 g/mol. The molecule has 0 spiro atoms. The lowest BCUT2D eigenvalue weighted by Crippen LogP contribution is -2.48. The molecule has 1 atom stereocenters. The van der Waals surface area contributed by atoms with Gasteiger partial charge in [0.15, 0.2) is 0 Å². The van der Waals surface area contributed by atoms with E-state index in [9.17, 15) is 14.4 Å². The lowest BCUT2D eigenvalue weighted by atomic mass is 9.95. The Morgan fingerprint density at radius 1 is 1.12 bits per heavy atom. The summed E-state index contributed by atoms with van der Waals surface area (Å²) < 4.78 is 0. The third-order valence-electron chi connectivity index (χ3n) is 3.64. The van der Waals surface area contributed by atoms with E-state index in [0.717, 1.165) is 5.56 Å². The van der Waals surface area contributed by atoms with Crippen LogP contribution in [0, 0.1) is 5.41 Å². The molecule has 6 nitrogen and oxygen atoms in total. The molecule has 0 saturated carbocycles. The number of carbonyl (C=O) groups excluding carboxylic acids is 3. The minimum atomic E-state index is -0.591. The van der Waals surface area contributed by atoms with Crippen LogP contribution >= 0.6 is 0 Å². The summed E-state index contributed by atoms with van der Waals surface area (Å²) in [5.74, 6) is -0.473. The largest absolute Gasteiger partial charge is 0.355 e. The van der Waals surface area contributed by atoms with Crippen LogP contribution in [0.25, 0.3) is 0 Å². The molecule has 0 fully saturated rings. The van der Waals surface area contributed by atoms with E-state index in [1.807, 2.05) is 12.1 Å². The number of rotatable bonds is 5. The SMILES string of the molecule is CNC(=O)c1ccc(CN(C)C(=O)C(C)NC(=O)C(C)(C)C)cc1. The number of hydrogen-bond acceptors (Lipinski definition) is 3. The summed E-state index contributed by atoms with van der Waals surface area (Å²) in [6.07, 6.45) is 0. The zero-order chi connectivity index (χ0) is 18.5. The van der Waals surface area contributed by atoms with E-state index in [0.29, 0.717) is 12.1 Å². The van der Waals surface area contributed by atoms with Gasteiger partial charge in [-0.05, 0) is 24.6 Å². The van der Waals surface area contributed by atoms with Crippen LogP contribution in [-0.2, 0) is 16.1 Å². The number of amides is 3. The molecule has 1 aromatic carbocycles. The summed E-state index contributed by atoms with van der Waals surface area (Å²) in [6, 6.07) is 6.47. The van der Waals surface area contributed by atoms with Gasteiger partial charge in [0.25, 0.3) is 5.91 Å². The highest BCUT2D eigenvalue weighted by molar-refractivity contribution is 5.94. The van der Waals surface area contributed by atoms with Crippen molar-refractivity contribution in [3.8, 4) is 0 Å². The van der Waals surface area contributed by atoms with Gasteiger partial charge in [-0.25, -0.2) is 0 Å². The molecular formula is C18H27N3O3. The molecule has 0 heterocycles. The van der Waals surface area contributed by atoms with Gasteiger partial charge in [0.05, 0.1) is 0 Å². The minimum Gasteiger partial charge on any atom is -0.355 e. The van der Waals surface area contributed by atoms with E-state index >= 15 is 0 Å². The predicted octanol–water partition coefficient (Wildman–Crippen LogP) is 1.56. The van der Waals surface area contributed by atoms with Crippen molar-refractivity contribution in [2.75, 3.05) is 14.1 Å². The van der Waals surface area contributed by atoms with E-state index in [4.69, 9.17) is 0 Å². The minimum absolute atomic E-state index is 0.149. The summed E-state index contributed by atoms with van der Waals surface area (Å²) in [6.45, 7) is 7.49. The van der Waals surface area contributed by atoms with E-state index in [1.165, 1.54) is 0 Å².